The Bertz CT molecular complexity index is 828. The summed E-state index contributed by atoms with van der Waals surface area (Å²) in [4.78, 5) is 11.6. The van der Waals surface area contributed by atoms with E-state index in [0.717, 1.165) is 11.6 Å². The molecule has 0 unspecified atom stereocenters. The van der Waals surface area contributed by atoms with Crippen LogP contribution in [-0.2, 0) is 11.3 Å². The lowest BCUT2D eigenvalue weighted by molar-refractivity contribution is -0.274. The number of carbonyl (C=O) groups is 1. The first-order valence-corrected chi connectivity index (χ1v) is 7.92. The van der Waals surface area contributed by atoms with Crippen molar-refractivity contribution >= 4 is 11.8 Å². The summed E-state index contributed by atoms with van der Waals surface area (Å²) in [5.41, 5.74) is 6.69. The van der Waals surface area contributed by atoms with Gasteiger partial charge >= 0.3 is 12.5 Å². The van der Waals surface area contributed by atoms with Crippen LogP contribution >= 0.6 is 0 Å². The fourth-order valence-electron chi connectivity index (χ4n) is 2.02. The van der Waals surface area contributed by atoms with Crippen molar-refractivity contribution in [3.05, 3.63) is 59.7 Å². The highest BCUT2D eigenvalue weighted by molar-refractivity contribution is 5.67. The van der Waals surface area contributed by atoms with Gasteiger partial charge in [-0.05, 0) is 23.8 Å². The molecular formula is C19H17F3N2O3. The average molecular weight is 378 g/mol. The Morgan fingerprint density at radius 2 is 1.89 bits per heavy atom. The zero-order valence-electron chi connectivity index (χ0n) is 14.2. The Kier molecular flexibility index (Phi) is 6.94. The van der Waals surface area contributed by atoms with Crippen LogP contribution in [0.2, 0.25) is 0 Å². The zero-order chi connectivity index (χ0) is 19.7. The minimum Gasteiger partial charge on any atom is -0.445 e. The van der Waals surface area contributed by atoms with E-state index in [-0.39, 0.29) is 30.8 Å². The smallest absolute Gasteiger partial charge is 0.445 e. The van der Waals surface area contributed by atoms with Crippen LogP contribution in [0.5, 0.6) is 5.75 Å². The molecule has 0 saturated carbocycles. The van der Waals surface area contributed by atoms with Crippen LogP contribution in [0.25, 0.3) is 0 Å². The summed E-state index contributed by atoms with van der Waals surface area (Å²) in [7, 11) is 0. The lowest BCUT2D eigenvalue weighted by Gasteiger charge is -2.10. The highest BCUT2D eigenvalue weighted by Crippen LogP contribution is 2.27. The van der Waals surface area contributed by atoms with Gasteiger partial charge in [-0.15, -0.1) is 13.2 Å². The van der Waals surface area contributed by atoms with Gasteiger partial charge in [-0.25, -0.2) is 4.79 Å². The highest BCUT2D eigenvalue weighted by Gasteiger charge is 2.32. The maximum Gasteiger partial charge on any atom is 0.573 e. The number of alkyl halides is 3. The number of nitrogens with one attached hydrogen (secondary N) is 1. The van der Waals surface area contributed by atoms with Crippen molar-refractivity contribution in [1.29, 1.82) is 0 Å². The molecule has 2 rings (SSSR count). The SMILES string of the molecule is Nc1ccc(OC(F)(F)F)c(C#CCCNC(=O)OCc2ccccc2)c1. The van der Waals surface area contributed by atoms with Crippen LogP contribution in [-0.4, -0.2) is 19.0 Å². The van der Waals surface area contributed by atoms with Crippen LogP contribution in [0.4, 0.5) is 23.7 Å². The molecule has 0 saturated heterocycles. The largest absolute Gasteiger partial charge is 0.573 e. The molecule has 0 aliphatic heterocycles. The van der Waals surface area contributed by atoms with Crippen LogP contribution in [0.3, 0.4) is 0 Å². The molecule has 27 heavy (non-hydrogen) atoms. The number of carbonyl (C=O) groups excluding carboxylic acids is 1. The number of amides is 1. The molecule has 142 valence electrons. The first-order valence-electron chi connectivity index (χ1n) is 7.92. The summed E-state index contributed by atoms with van der Waals surface area (Å²) in [6.45, 7) is 0.318. The molecular weight excluding hydrogens is 361 g/mol. The van der Waals surface area contributed by atoms with Crippen LogP contribution in [0.1, 0.15) is 17.5 Å². The van der Waals surface area contributed by atoms with Gasteiger partial charge in [0.2, 0.25) is 0 Å². The topological polar surface area (TPSA) is 73.6 Å². The molecule has 0 radical (unpaired) electrons. The van der Waals surface area contributed by atoms with Crippen molar-refractivity contribution < 1.29 is 27.4 Å². The number of nitrogen functional groups attached to an aromatic ring is 1. The Morgan fingerprint density at radius 3 is 2.59 bits per heavy atom. The minimum atomic E-state index is -4.82. The maximum absolute atomic E-state index is 12.4. The number of ether oxygens (including phenoxy) is 2. The average Bonchev–Trinajstić information content (AvgIpc) is 2.61. The van der Waals surface area contributed by atoms with Gasteiger partial charge < -0.3 is 20.5 Å². The molecule has 2 aromatic rings. The lowest BCUT2D eigenvalue weighted by atomic mass is 10.2. The number of hydrogen-bond acceptors (Lipinski definition) is 4. The molecule has 0 fully saturated rings. The first-order chi connectivity index (χ1) is 12.8. The van der Waals surface area contributed by atoms with E-state index < -0.39 is 18.2 Å². The van der Waals surface area contributed by atoms with E-state index in [1.54, 1.807) is 0 Å². The van der Waals surface area contributed by atoms with Gasteiger partial charge in [0.15, 0.2) is 0 Å². The number of alkyl carbamates (subject to hydrolysis) is 1. The standard InChI is InChI=1S/C19H17F3N2O3/c20-19(21,22)27-17-10-9-16(23)12-15(17)8-4-5-11-24-18(25)26-13-14-6-2-1-3-7-14/h1-3,6-7,9-10,12H,5,11,13,23H2,(H,24,25). The summed E-state index contributed by atoms with van der Waals surface area (Å²) in [5.74, 6) is 4.79. The molecule has 5 nitrogen and oxygen atoms in total. The maximum atomic E-state index is 12.4. The van der Waals surface area contributed by atoms with E-state index in [4.69, 9.17) is 10.5 Å². The quantitative estimate of drug-likeness (QED) is 0.471. The second kappa shape index (κ2) is 9.38. The molecule has 2 aromatic carbocycles. The van der Waals surface area contributed by atoms with Gasteiger partial charge in [-0.1, -0.05) is 42.2 Å². The number of nitrogens with two attached hydrogens (primary N) is 1. The molecule has 0 aromatic heterocycles. The van der Waals surface area contributed by atoms with Crippen molar-refractivity contribution in [3.63, 3.8) is 0 Å². The van der Waals surface area contributed by atoms with Crippen molar-refractivity contribution in [1.82, 2.24) is 5.32 Å². The van der Waals surface area contributed by atoms with E-state index in [1.807, 2.05) is 30.3 Å². The third kappa shape index (κ3) is 7.61. The molecule has 1 amide bonds. The molecule has 3 N–H and O–H groups in total. The normalized spacial score (nSPS) is 10.5. The van der Waals surface area contributed by atoms with E-state index >= 15 is 0 Å². The summed E-state index contributed by atoms with van der Waals surface area (Å²) in [6.07, 6.45) is -5.22. The van der Waals surface area contributed by atoms with Gasteiger partial charge in [0.25, 0.3) is 0 Å². The Morgan fingerprint density at radius 1 is 1.15 bits per heavy atom. The van der Waals surface area contributed by atoms with Crippen molar-refractivity contribution in [3.8, 4) is 17.6 Å². The number of hydrogen-bond donors (Lipinski definition) is 2. The van der Waals surface area contributed by atoms with Crippen molar-refractivity contribution in [2.75, 3.05) is 12.3 Å². The number of rotatable bonds is 5. The summed E-state index contributed by atoms with van der Waals surface area (Å²) in [6, 6.07) is 12.8. The minimum absolute atomic E-state index is 0.0129. The van der Waals surface area contributed by atoms with Crippen LogP contribution in [0, 0.1) is 11.8 Å². The van der Waals surface area contributed by atoms with Gasteiger partial charge in [0.05, 0.1) is 5.56 Å². The fraction of sp³-hybridized carbons (Fsp3) is 0.211. The van der Waals surface area contributed by atoms with Crippen LogP contribution in [0.15, 0.2) is 48.5 Å². The molecule has 0 bridgehead atoms. The molecule has 0 spiro atoms. The molecule has 0 heterocycles. The predicted octanol–water partition coefficient (Wildman–Crippen LogP) is 3.84. The number of halogens is 3. The summed E-state index contributed by atoms with van der Waals surface area (Å²) < 4.78 is 46.1. The Hall–Kier alpha value is -3.34. The van der Waals surface area contributed by atoms with E-state index in [0.29, 0.717) is 0 Å². The summed E-state index contributed by atoms with van der Waals surface area (Å²) >= 11 is 0. The van der Waals surface area contributed by atoms with Crippen molar-refractivity contribution in [2.24, 2.45) is 0 Å². The number of anilines is 1. The van der Waals surface area contributed by atoms with Crippen LogP contribution < -0.4 is 15.8 Å². The third-order valence-electron chi connectivity index (χ3n) is 3.18. The van der Waals surface area contributed by atoms with E-state index in [1.165, 1.54) is 12.1 Å². The fourth-order valence-corrected chi connectivity index (χ4v) is 2.02. The molecule has 0 aliphatic carbocycles. The zero-order valence-corrected chi connectivity index (χ0v) is 14.2. The van der Waals surface area contributed by atoms with Crippen molar-refractivity contribution in [2.45, 2.75) is 19.4 Å². The molecule has 0 atom stereocenters. The van der Waals surface area contributed by atoms with E-state index in [9.17, 15) is 18.0 Å². The number of benzene rings is 2. The lowest BCUT2D eigenvalue weighted by Crippen LogP contribution is -2.24. The van der Waals surface area contributed by atoms with Gasteiger partial charge in [0, 0.05) is 18.7 Å². The molecule has 0 aliphatic rings. The second-order valence-electron chi connectivity index (χ2n) is 5.34. The predicted molar refractivity (Wildman–Crippen MR) is 93.7 cm³/mol. The van der Waals surface area contributed by atoms with Gasteiger partial charge in [-0.3, -0.25) is 0 Å². The first kappa shape index (κ1) is 20.0. The van der Waals surface area contributed by atoms with E-state index in [2.05, 4.69) is 21.9 Å². The second-order valence-corrected chi connectivity index (χ2v) is 5.34. The monoisotopic (exact) mass is 378 g/mol. The summed E-state index contributed by atoms with van der Waals surface area (Å²) in [5, 5.41) is 2.50. The third-order valence-corrected chi connectivity index (χ3v) is 3.18. The van der Waals surface area contributed by atoms with Gasteiger partial charge in [-0.2, -0.15) is 0 Å². The van der Waals surface area contributed by atoms with Gasteiger partial charge in [0.1, 0.15) is 12.4 Å². The highest BCUT2D eigenvalue weighted by atomic mass is 19.4. The Balaban J connectivity index is 1.81. The Labute approximate surface area is 154 Å². The molecule has 8 heteroatoms.